The van der Waals surface area contributed by atoms with E-state index in [-0.39, 0.29) is 10.4 Å². The summed E-state index contributed by atoms with van der Waals surface area (Å²) < 4.78 is 59.3. The minimum atomic E-state index is -3.80. The van der Waals surface area contributed by atoms with Gasteiger partial charge >= 0.3 is 0 Å². The Morgan fingerprint density at radius 2 is 1.81 bits per heavy atom. The molecule has 3 aliphatic rings. The summed E-state index contributed by atoms with van der Waals surface area (Å²) >= 11 is 0. The smallest absolute Gasteiger partial charge is 0.282 e. The van der Waals surface area contributed by atoms with Crippen LogP contribution in [0.2, 0.25) is 0 Å². The minimum Gasteiger partial charge on any atom is -0.379 e. The van der Waals surface area contributed by atoms with Crippen molar-refractivity contribution in [3.8, 4) is 0 Å². The number of nitrogens with zero attached hydrogens (tertiary/aromatic N) is 4. The van der Waals surface area contributed by atoms with Gasteiger partial charge in [0, 0.05) is 45.3 Å². The fourth-order valence-electron chi connectivity index (χ4n) is 4.70. The first-order chi connectivity index (χ1) is 12.8. The molecule has 0 aromatic carbocycles. The largest absolute Gasteiger partial charge is 0.379 e. The van der Waals surface area contributed by atoms with Crippen molar-refractivity contribution in [2.24, 2.45) is 12.5 Å². The first-order valence-corrected chi connectivity index (χ1v) is 10.9. The number of hydrogen-bond donors (Lipinski definition) is 0. The zero-order valence-electron chi connectivity index (χ0n) is 15.5. The second-order valence-corrected chi connectivity index (χ2v) is 9.83. The Bertz CT molecular complexity index is 776. The average molecular weight is 404 g/mol. The van der Waals surface area contributed by atoms with Crippen molar-refractivity contribution >= 4 is 10.0 Å². The summed E-state index contributed by atoms with van der Waals surface area (Å²) in [6, 6.07) is 1.57. The van der Waals surface area contributed by atoms with E-state index in [1.165, 1.54) is 11.4 Å². The fourth-order valence-corrected chi connectivity index (χ4v) is 6.27. The number of sulfonamides is 1. The molecule has 7 nitrogen and oxygen atoms in total. The Kier molecular flexibility index (Phi) is 5.02. The third-order valence-electron chi connectivity index (χ3n) is 6.37. The van der Waals surface area contributed by atoms with Crippen LogP contribution in [-0.4, -0.2) is 72.8 Å². The average Bonchev–Trinajstić information content (AvgIpc) is 3.03. The van der Waals surface area contributed by atoms with E-state index in [2.05, 4.69) is 10.00 Å². The molecule has 0 atom stereocenters. The van der Waals surface area contributed by atoms with Crippen molar-refractivity contribution in [1.29, 1.82) is 0 Å². The van der Waals surface area contributed by atoms with E-state index >= 15 is 0 Å². The number of aryl methyl sites for hydroxylation is 1. The van der Waals surface area contributed by atoms with Crippen LogP contribution >= 0.6 is 0 Å². The lowest BCUT2D eigenvalue weighted by Gasteiger charge is -2.55. The van der Waals surface area contributed by atoms with E-state index in [4.69, 9.17) is 4.74 Å². The quantitative estimate of drug-likeness (QED) is 0.763. The van der Waals surface area contributed by atoms with E-state index in [0.717, 1.165) is 62.7 Å². The third kappa shape index (κ3) is 3.52. The molecule has 3 fully saturated rings. The number of ether oxygens (including phenoxy) is 1. The maximum absolute atomic E-state index is 12.9. The lowest BCUT2D eigenvalue weighted by Crippen LogP contribution is -2.57. The number of piperidine rings is 1. The molecule has 4 rings (SSSR count). The fraction of sp³-hybridized carbons (Fsp3) is 0.824. The van der Waals surface area contributed by atoms with Crippen LogP contribution in [0.1, 0.15) is 37.8 Å². The van der Waals surface area contributed by atoms with Gasteiger partial charge in [0.05, 0.1) is 13.2 Å². The van der Waals surface area contributed by atoms with Gasteiger partial charge in [-0.2, -0.15) is 9.40 Å². The van der Waals surface area contributed by atoms with Crippen LogP contribution in [0.4, 0.5) is 8.78 Å². The van der Waals surface area contributed by atoms with Gasteiger partial charge in [-0.3, -0.25) is 9.58 Å². The van der Waals surface area contributed by atoms with Crippen molar-refractivity contribution < 1.29 is 21.9 Å². The topological polar surface area (TPSA) is 67.7 Å². The number of morpholine rings is 1. The highest BCUT2D eigenvalue weighted by Gasteiger charge is 2.49. The maximum atomic E-state index is 12.9. The summed E-state index contributed by atoms with van der Waals surface area (Å²) in [5, 5.41) is 3.48. The Morgan fingerprint density at radius 3 is 2.37 bits per heavy atom. The molecule has 1 aliphatic carbocycles. The molecule has 1 aromatic heterocycles. The van der Waals surface area contributed by atoms with Crippen LogP contribution in [0.5, 0.6) is 0 Å². The molecule has 0 bridgehead atoms. The second kappa shape index (κ2) is 7.06. The van der Waals surface area contributed by atoms with Crippen LogP contribution < -0.4 is 0 Å². The van der Waals surface area contributed by atoms with Crippen molar-refractivity contribution in [3.63, 3.8) is 0 Å². The molecule has 0 amide bonds. The molecule has 1 spiro atoms. The van der Waals surface area contributed by atoms with Crippen molar-refractivity contribution in [1.82, 2.24) is 19.0 Å². The predicted octanol–water partition coefficient (Wildman–Crippen LogP) is 1.62. The van der Waals surface area contributed by atoms with Gasteiger partial charge < -0.3 is 4.74 Å². The number of rotatable bonds is 4. The normalized spacial score (nSPS) is 25.2. The maximum Gasteiger partial charge on any atom is 0.282 e. The monoisotopic (exact) mass is 404 g/mol. The van der Waals surface area contributed by atoms with Gasteiger partial charge in [-0.1, -0.05) is 0 Å². The van der Waals surface area contributed by atoms with Crippen LogP contribution in [-0.2, 0) is 21.8 Å². The molecular formula is C17H26F2N4O3S. The summed E-state index contributed by atoms with van der Waals surface area (Å²) in [6.07, 6.45) is 1.10. The summed E-state index contributed by atoms with van der Waals surface area (Å²) in [6.45, 7) is 4.42. The molecule has 0 radical (unpaired) electrons. The van der Waals surface area contributed by atoms with E-state index in [9.17, 15) is 17.2 Å². The van der Waals surface area contributed by atoms with Crippen LogP contribution in [0.15, 0.2) is 11.1 Å². The molecule has 0 unspecified atom stereocenters. The molecule has 27 heavy (non-hydrogen) atoms. The highest BCUT2D eigenvalue weighted by molar-refractivity contribution is 7.89. The molecule has 1 aromatic rings. The molecule has 152 valence electrons. The van der Waals surface area contributed by atoms with Crippen molar-refractivity contribution in [3.05, 3.63) is 11.8 Å². The lowest BCUT2D eigenvalue weighted by atomic mass is 9.60. The van der Waals surface area contributed by atoms with Crippen LogP contribution in [0.3, 0.4) is 0 Å². The van der Waals surface area contributed by atoms with Gasteiger partial charge in [0.25, 0.3) is 16.4 Å². The standard InChI is InChI=1S/C17H26F2N4O3S/c1-21-15(10-14(20-21)16(18)19)27(24,25)23-4-2-17(3-5-23)11-13(12-17)22-6-8-26-9-7-22/h10,13,16H,2-9,11-12H2,1H3. The lowest BCUT2D eigenvalue weighted by molar-refractivity contribution is -0.0670. The van der Waals surface area contributed by atoms with Crippen molar-refractivity contribution in [2.75, 3.05) is 39.4 Å². The van der Waals surface area contributed by atoms with E-state index in [1.807, 2.05) is 0 Å². The van der Waals surface area contributed by atoms with Gasteiger partial charge in [-0.05, 0) is 31.1 Å². The number of halogens is 2. The molecule has 10 heteroatoms. The van der Waals surface area contributed by atoms with Crippen LogP contribution in [0.25, 0.3) is 0 Å². The number of alkyl halides is 2. The Morgan fingerprint density at radius 1 is 1.19 bits per heavy atom. The summed E-state index contributed by atoms with van der Waals surface area (Å²) in [5.74, 6) is 0. The summed E-state index contributed by atoms with van der Waals surface area (Å²) in [5.41, 5.74) is -0.271. The second-order valence-electron chi connectivity index (χ2n) is 7.95. The zero-order chi connectivity index (χ0) is 19.2. The number of aromatic nitrogens is 2. The van der Waals surface area contributed by atoms with Gasteiger partial charge in [-0.15, -0.1) is 0 Å². The van der Waals surface area contributed by atoms with Gasteiger partial charge in [-0.25, -0.2) is 17.2 Å². The Labute approximate surface area is 158 Å². The van der Waals surface area contributed by atoms with Crippen LogP contribution in [0, 0.1) is 5.41 Å². The molecule has 3 heterocycles. The molecule has 2 saturated heterocycles. The summed E-state index contributed by atoms with van der Waals surface area (Å²) in [7, 11) is -2.41. The Balaban J connectivity index is 1.38. The molecular weight excluding hydrogens is 378 g/mol. The van der Waals surface area contributed by atoms with E-state index < -0.39 is 22.1 Å². The third-order valence-corrected chi connectivity index (χ3v) is 8.32. The predicted molar refractivity (Wildman–Crippen MR) is 94.0 cm³/mol. The van der Waals surface area contributed by atoms with E-state index in [1.54, 1.807) is 0 Å². The van der Waals surface area contributed by atoms with E-state index in [0.29, 0.717) is 19.1 Å². The SMILES string of the molecule is Cn1nc(C(F)F)cc1S(=O)(=O)N1CCC2(CC1)CC(N1CCOCC1)C2. The molecule has 2 aliphatic heterocycles. The first-order valence-electron chi connectivity index (χ1n) is 9.45. The highest BCUT2D eigenvalue weighted by atomic mass is 32.2. The Hall–Kier alpha value is -1.10. The van der Waals surface area contributed by atoms with Gasteiger partial charge in [0.1, 0.15) is 5.69 Å². The van der Waals surface area contributed by atoms with Gasteiger partial charge in [0.15, 0.2) is 5.03 Å². The van der Waals surface area contributed by atoms with Crippen molar-refractivity contribution in [2.45, 2.75) is 43.2 Å². The first kappa shape index (κ1) is 19.2. The van der Waals surface area contributed by atoms with Gasteiger partial charge in [0.2, 0.25) is 0 Å². The zero-order valence-corrected chi connectivity index (χ0v) is 16.3. The highest BCUT2D eigenvalue weighted by Crippen LogP contribution is 2.51. The number of hydrogen-bond acceptors (Lipinski definition) is 5. The summed E-state index contributed by atoms with van der Waals surface area (Å²) in [4.78, 5) is 2.49. The molecule has 0 N–H and O–H groups in total. The minimum absolute atomic E-state index is 0.159. The molecule has 1 saturated carbocycles.